The van der Waals surface area contributed by atoms with Gasteiger partial charge in [-0.3, -0.25) is 4.90 Å². The first-order valence-corrected chi connectivity index (χ1v) is 5.90. The molecule has 0 atom stereocenters. The zero-order valence-corrected chi connectivity index (χ0v) is 10.6. The van der Waals surface area contributed by atoms with Crippen LogP contribution in [0.2, 0.25) is 0 Å². The molecule has 0 saturated carbocycles. The minimum Gasteiger partial charge on any atom is -0.383 e. The fraction of sp³-hybridized carbons (Fsp3) is 0.538. The number of halogens is 1. The van der Waals surface area contributed by atoms with Crippen LogP contribution in [0.5, 0.6) is 0 Å². The molecule has 0 aliphatic rings. The number of methoxy groups -OCH3 is 1. The first-order chi connectivity index (χ1) is 8.22. The number of nitrogens with two attached hydrogens (primary N) is 1. The number of nitrogens with zero attached hydrogens (tertiary/aromatic N) is 1. The smallest absolute Gasteiger partial charge is 0.132 e. The van der Waals surface area contributed by atoms with Gasteiger partial charge in [-0.05, 0) is 6.54 Å². The standard InChI is InChI=1S/C13H21FN2O/c1-3-16(7-8-17-2)10-12-6-4-5-11(9-15)13(12)14/h4-6H,3,7-10,15H2,1-2H3. The van der Waals surface area contributed by atoms with Crippen molar-refractivity contribution in [1.82, 2.24) is 4.90 Å². The van der Waals surface area contributed by atoms with Crippen molar-refractivity contribution < 1.29 is 9.13 Å². The number of ether oxygens (including phenoxy) is 1. The molecular formula is C13H21FN2O. The highest BCUT2D eigenvalue weighted by atomic mass is 19.1. The molecule has 2 N–H and O–H groups in total. The Morgan fingerprint density at radius 3 is 2.65 bits per heavy atom. The van der Waals surface area contributed by atoms with Crippen molar-refractivity contribution in [3.8, 4) is 0 Å². The minimum absolute atomic E-state index is 0.175. The van der Waals surface area contributed by atoms with Gasteiger partial charge in [0.05, 0.1) is 6.61 Å². The van der Waals surface area contributed by atoms with Crippen LogP contribution in [0.4, 0.5) is 4.39 Å². The largest absolute Gasteiger partial charge is 0.383 e. The summed E-state index contributed by atoms with van der Waals surface area (Å²) in [5.41, 5.74) is 6.76. The van der Waals surface area contributed by atoms with Gasteiger partial charge < -0.3 is 10.5 Å². The zero-order valence-electron chi connectivity index (χ0n) is 10.6. The molecule has 1 aromatic rings. The summed E-state index contributed by atoms with van der Waals surface area (Å²) in [6.45, 7) is 5.23. The molecule has 0 aliphatic carbocycles. The van der Waals surface area contributed by atoms with Crippen molar-refractivity contribution in [3.63, 3.8) is 0 Å². The van der Waals surface area contributed by atoms with Crippen LogP contribution in [0.3, 0.4) is 0 Å². The number of hydrogen-bond acceptors (Lipinski definition) is 3. The highest BCUT2D eigenvalue weighted by Crippen LogP contribution is 2.14. The van der Waals surface area contributed by atoms with Gasteiger partial charge in [0.25, 0.3) is 0 Å². The van der Waals surface area contributed by atoms with E-state index in [0.29, 0.717) is 24.3 Å². The molecule has 96 valence electrons. The third kappa shape index (κ3) is 4.07. The van der Waals surface area contributed by atoms with E-state index in [1.807, 2.05) is 12.1 Å². The van der Waals surface area contributed by atoms with Crippen molar-refractivity contribution in [2.75, 3.05) is 26.8 Å². The van der Waals surface area contributed by atoms with Crippen molar-refractivity contribution >= 4 is 0 Å². The minimum atomic E-state index is -0.175. The highest BCUT2D eigenvalue weighted by Gasteiger charge is 2.10. The van der Waals surface area contributed by atoms with Crippen LogP contribution >= 0.6 is 0 Å². The third-order valence-corrected chi connectivity index (χ3v) is 2.83. The summed E-state index contributed by atoms with van der Waals surface area (Å²) < 4.78 is 19.0. The Morgan fingerprint density at radius 2 is 2.06 bits per heavy atom. The molecule has 0 unspecified atom stereocenters. The van der Waals surface area contributed by atoms with E-state index in [1.165, 1.54) is 0 Å². The van der Waals surface area contributed by atoms with Gasteiger partial charge in [0.1, 0.15) is 5.82 Å². The summed E-state index contributed by atoms with van der Waals surface area (Å²) in [7, 11) is 1.67. The number of benzene rings is 1. The van der Waals surface area contributed by atoms with Crippen molar-refractivity contribution in [1.29, 1.82) is 0 Å². The Morgan fingerprint density at radius 1 is 1.35 bits per heavy atom. The first kappa shape index (κ1) is 14.1. The van der Waals surface area contributed by atoms with Gasteiger partial charge >= 0.3 is 0 Å². The Bertz CT molecular complexity index is 344. The molecule has 0 bridgehead atoms. The fourth-order valence-electron chi connectivity index (χ4n) is 1.72. The molecule has 1 rings (SSSR count). The van der Waals surface area contributed by atoms with Crippen LogP contribution in [0, 0.1) is 5.82 Å². The predicted octanol–water partition coefficient (Wildman–Crippen LogP) is 1.75. The highest BCUT2D eigenvalue weighted by molar-refractivity contribution is 5.25. The zero-order chi connectivity index (χ0) is 12.7. The molecule has 3 nitrogen and oxygen atoms in total. The number of likely N-dealkylation sites (N-methyl/N-ethyl adjacent to an activating group) is 1. The molecular weight excluding hydrogens is 219 g/mol. The Balaban J connectivity index is 2.72. The lowest BCUT2D eigenvalue weighted by molar-refractivity contribution is 0.146. The lowest BCUT2D eigenvalue weighted by atomic mass is 10.1. The van der Waals surface area contributed by atoms with E-state index in [1.54, 1.807) is 13.2 Å². The second kappa shape index (κ2) is 7.37. The van der Waals surface area contributed by atoms with Gasteiger partial charge in [0, 0.05) is 37.9 Å². The van der Waals surface area contributed by atoms with E-state index in [9.17, 15) is 4.39 Å². The summed E-state index contributed by atoms with van der Waals surface area (Å²) in [5, 5.41) is 0. The second-order valence-electron chi connectivity index (χ2n) is 3.96. The van der Waals surface area contributed by atoms with Crippen molar-refractivity contribution in [2.24, 2.45) is 5.73 Å². The SMILES string of the molecule is CCN(CCOC)Cc1cccc(CN)c1F. The van der Waals surface area contributed by atoms with Crippen LogP contribution in [0.15, 0.2) is 18.2 Å². The third-order valence-electron chi connectivity index (χ3n) is 2.83. The topological polar surface area (TPSA) is 38.5 Å². The lowest BCUT2D eigenvalue weighted by Gasteiger charge is -2.20. The molecule has 0 heterocycles. The summed E-state index contributed by atoms with van der Waals surface area (Å²) >= 11 is 0. The van der Waals surface area contributed by atoms with E-state index in [2.05, 4.69) is 11.8 Å². The summed E-state index contributed by atoms with van der Waals surface area (Å²) in [5.74, 6) is -0.175. The van der Waals surface area contributed by atoms with Gasteiger partial charge in [-0.1, -0.05) is 25.1 Å². The lowest BCUT2D eigenvalue weighted by Crippen LogP contribution is -2.27. The molecule has 1 aromatic carbocycles. The Labute approximate surface area is 102 Å². The number of rotatable bonds is 7. The molecule has 0 amide bonds. The monoisotopic (exact) mass is 240 g/mol. The second-order valence-corrected chi connectivity index (χ2v) is 3.96. The van der Waals surface area contributed by atoms with Gasteiger partial charge in [0.15, 0.2) is 0 Å². The molecule has 0 radical (unpaired) electrons. The van der Waals surface area contributed by atoms with Crippen LogP contribution in [0.25, 0.3) is 0 Å². The molecule has 0 aromatic heterocycles. The summed E-state index contributed by atoms with van der Waals surface area (Å²) in [6, 6.07) is 5.39. The quantitative estimate of drug-likeness (QED) is 0.789. The predicted molar refractivity (Wildman–Crippen MR) is 67.1 cm³/mol. The molecule has 0 saturated heterocycles. The van der Waals surface area contributed by atoms with Gasteiger partial charge in [-0.2, -0.15) is 0 Å². The van der Waals surface area contributed by atoms with Crippen molar-refractivity contribution in [2.45, 2.75) is 20.0 Å². The van der Waals surface area contributed by atoms with Gasteiger partial charge in [0.2, 0.25) is 0 Å². The molecule has 0 aliphatic heterocycles. The normalized spacial score (nSPS) is 11.1. The van der Waals surface area contributed by atoms with Crippen LogP contribution in [0.1, 0.15) is 18.1 Å². The average molecular weight is 240 g/mol. The summed E-state index contributed by atoms with van der Waals surface area (Å²) in [6.07, 6.45) is 0. The van der Waals surface area contributed by atoms with Crippen LogP contribution < -0.4 is 5.73 Å². The van der Waals surface area contributed by atoms with E-state index in [0.717, 1.165) is 13.1 Å². The van der Waals surface area contributed by atoms with E-state index < -0.39 is 0 Å². The fourth-order valence-corrected chi connectivity index (χ4v) is 1.72. The van der Waals surface area contributed by atoms with Crippen LogP contribution in [-0.2, 0) is 17.8 Å². The molecule has 17 heavy (non-hydrogen) atoms. The van der Waals surface area contributed by atoms with E-state index >= 15 is 0 Å². The Hall–Kier alpha value is -0.970. The van der Waals surface area contributed by atoms with Gasteiger partial charge in [-0.15, -0.1) is 0 Å². The number of hydrogen-bond donors (Lipinski definition) is 1. The maximum atomic E-state index is 14.0. The maximum Gasteiger partial charge on any atom is 0.132 e. The van der Waals surface area contributed by atoms with Gasteiger partial charge in [-0.25, -0.2) is 4.39 Å². The average Bonchev–Trinajstić information content (AvgIpc) is 2.36. The molecule has 0 spiro atoms. The van der Waals surface area contributed by atoms with Crippen LogP contribution in [-0.4, -0.2) is 31.7 Å². The van der Waals surface area contributed by atoms with Crippen molar-refractivity contribution in [3.05, 3.63) is 35.1 Å². The molecule has 4 heteroatoms. The Kier molecular flexibility index (Phi) is 6.11. The molecule has 0 fully saturated rings. The maximum absolute atomic E-state index is 14.0. The van der Waals surface area contributed by atoms with E-state index in [4.69, 9.17) is 10.5 Å². The first-order valence-electron chi connectivity index (χ1n) is 5.90. The summed E-state index contributed by atoms with van der Waals surface area (Å²) in [4.78, 5) is 2.14. The van der Waals surface area contributed by atoms with E-state index in [-0.39, 0.29) is 12.4 Å².